The first kappa shape index (κ1) is 18.2. The molecule has 1 atom stereocenters. The molecule has 0 aliphatic carbocycles. The molecule has 1 amide bonds. The van der Waals surface area contributed by atoms with E-state index in [-0.39, 0.29) is 24.1 Å². The summed E-state index contributed by atoms with van der Waals surface area (Å²) in [5, 5.41) is 14.6. The zero-order valence-corrected chi connectivity index (χ0v) is 14.8. The molecule has 0 aliphatic rings. The first-order chi connectivity index (χ1) is 13.0. The van der Waals surface area contributed by atoms with Crippen LogP contribution < -0.4 is 14.8 Å². The number of rotatable bonds is 7. The van der Waals surface area contributed by atoms with Crippen LogP contribution in [0.25, 0.3) is 11.0 Å². The van der Waals surface area contributed by atoms with Crippen molar-refractivity contribution in [1.29, 1.82) is 0 Å². The summed E-state index contributed by atoms with van der Waals surface area (Å²) in [4.78, 5) is 22.5. The molecule has 0 radical (unpaired) electrons. The molecule has 1 heterocycles. The van der Waals surface area contributed by atoms with Gasteiger partial charge >= 0.3 is 0 Å². The number of carbonyl (C=O) groups is 1. The van der Waals surface area contributed by atoms with Crippen molar-refractivity contribution in [3.05, 3.63) is 64.4 Å². The summed E-state index contributed by atoms with van der Waals surface area (Å²) in [6.07, 6.45) is 0. The van der Waals surface area contributed by atoms with Gasteiger partial charge in [-0.15, -0.1) is 0 Å². The highest BCUT2D eigenvalue weighted by molar-refractivity contribution is 5.80. The van der Waals surface area contributed by atoms with Gasteiger partial charge < -0.3 is 19.2 Å². The van der Waals surface area contributed by atoms with E-state index in [1.54, 1.807) is 6.92 Å². The van der Waals surface area contributed by atoms with Gasteiger partial charge in [-0.2, -0.15) is 0 Å². The van der Waals surface area contributed by atoms with Gasteiger partial charge in [0.2, 0.25) is 0 Å². The number of amides is 1. The number of non-ortho nitro benzene ring substituents is 1. The molecule has 3 rings (SSSR count). The lowest BCUT2D eigenvalue weighted by Gasteiger charge is -2.13. The summed E-state index contributed by atoms with van der Waals surface area (Å²) in [5.74, 6) is 0.658. The molecule has 8 nitrogen and oxygen atoms in total. The van der Waals surface area contributed by atoms with Gasteiger partial charge in [0.25, 0.3) is 11.6 Å². The fourth-order valence-electron chi connectivity index (χ4n) is 2.61. The van der Waals surface area contributed by atoms with E-state index >= 15 is 0 Å². The highest BCUT2D eigenvalue weighted by Crippen LogP contribution is 2.31. The van der Waals surface area contributed by atoms with Crippen LogP contribution in [-0.2, 0) is 4.79 Å². The fourth-order valence-corrected chi connectivity index (χ4v) is 2.61. The van der Waals surface area contributed by atoms with Crippen molar-refractivity contribution in [2.24, 2.45) is 0 Å². The Morgan fingerprint density at radius 2 is 2.00 bits per heavy atom. The van der Waals surface area contributed by atoms with Crippen LogP contribution in [0, 0.1) is 10.1 Å². The number of nitrogens with zero attached hydrogens (tertiary/aromatic N) is 1. The van der Waals surface area contributed by atoms with Crippen molar-refractivity contribution in [2.45, 2.75) is 13.0 Å². The Morgan fingerprint density at radius 1 is 1.22 bits per heavy atom. The second-order valence-electron chi connectivity index (χ2n) is 5.86. The summed E-state index contributed by atoms with van der Waals surface area (Å²) in [6, 6.07) is 13.0. The molecule has 140 valence electrons. The maximum Gasteiger partial charge on any atom is 0.273 e. The van der Waals surface area contributed by atoms with Gasteiger partial charge in [-0.05, 0) is 25.1 Å². The smallest absolute Gasteiger partial charge is 0.273 e. The third kappa shape index (κ3) is 4.17. The van der Waals surface area contributed by atoms with Crippen LogP contribution in [0.3, 0.4) is 0 Å². The normalized spacial score (nSPS) is 11.8. The van der Waals surface area contributed by atoms with Crippen molar-refractivity contribution in [2.75, 3.05) is 13.7 Å². The monoisotopic (exact) mass is 370 g/mol. The highest BCUT2D eigenvalue weighted by atomic mass is 16.6. The van der Waals surface area contributed by atoms with E-state index < -0.39 is 10.8 Å². The number of para-hydroxylation sites is 1. The van der Waals surface area contributed by atoms with Crippen molar-refractivity contribution >= 4 is 22.6 Å². The molecular formula is C19H18N2O6. The van der Waals surface area contributed by atoms with Crippen LogP contribution in [0.2, 0.25) is 0 Å². The van der Waals surface area contributed by atoms with Crippen molar-refractivity contribution < 1.29 is 23.6 Å². The van der Waals surface area contributed by atoms with E-state index in [9.17, 15) is 14.9 Å². The van der Waals surface area contributed by atoms with E-state index in [2.05, 4.69) is 5.32 Å². The van der Waals surface area contributed by atoms with Gasteiger partial charge in [0.15, 0.2) is 18.1 Å². The number of furan rings is 1. The fraction of sp³-hybridized carbons (Fsp3) is 0.211. The third-order valence-corrected chi connectivity index (χ3v) is 3.97. The van der Waals surface area contributed by atoms with Crippen molar-refractivity contribution in [3.8, 4) is 11.5 Å². The standard InChI is InChI=1S/C19H18N2O6/c1-12(17-9-13-5-3-4-6-15(13)27-17)20-19(22)11-26-18-10-14(21(23)24)7-8-16(18)25-2/h3-10,12H,11H2,1-2H3,(H,20,22). The minimum Gasteiger partial charge on any atom is -0.493 e. The number of ether oxygens (including phenoxy) is 2. The zero-order chi connectivity index (χ0) is 19.4. The van der Waals surface area contributed by atoms with E-state index in [1.807, 2.05) is 30.3 Å². The molecule has 1 aromatic heterocycles. The minimum atomic E-state index is -0.546. The van der Waals surface area contributed by atoms with E-state index in [4.69, 9.17) is 13.9 Å². The average Bonchev–Trinajstić information content (AvgIpc) is 3.10. The molecule has 27 heavy (non-hydrogen) atoms. The Kier molecular flexibility index (Phi) is 5.25. The van der Waals surface area contributed by atoms with Crippen LogP contribution in [0.5, 0.6) is 11.5 Å². The van der Waals surface area contributed by atoms with Gasteiger partial charge in [0, 0.05) is 11.5 Å². The first-order valence-electron chi connectivity index (χ1n) is 8.21. The molecule has 3 aromatic rings. The minimum absolute atomic E-state index is 0.123. The van der Waals surface area contributed by atoms with E-state index in [1.165, 1.54) is 25.3 Å². The topological polar surface area (TPSA) is 104 Å². The Bertz CT molecular complexity index is 948. The predicted molar refractivity (Wildman–Crippen MR) is 97.9 cm³/mol. The lowest BCUT2D eigenvalue weighted by atomic mass is 10.2. The lowest BCUT2D eigenvalue weighted by Crippen LogP contribution is -2.31. The molecule has 0 fully saturated rings. The van der Waals surface area contributed by atoms with Gasteiger partial charge in [0.1, 0.15) is 11.3 Å². The maximum absolute atomic E-state index is 12.2. The number of benzene rings is 2. The predicted octanol–water partition coefficient (Wildman–Crippen LogP) is 3.61. The zero-order valence-electron chi connectivity index (χ0n) is 14.8. The highest BCUT2D eigenvalue weighted by Gasteiger charge is 2.17. The molecule has 0 bridgehead atoms. The van der Waals surface area contributed by atoms with Crippen LogP contribution in [0.1, 0.15) is 18.7 Å². The average molecular weight is 370 g/mol. The first-order valence-corrected chi connectivity index (χ1v) is 8.21. The molecule has 1 unspecified atom stereocenters. The SMILES string of the molecule is COc1ccc([N+](=O)[O-])cc1OCC(=O)NC(C)c1cc2ccccc2o1. The molecule has 0 saturated heterocycles. The summed E-state index contributed by atoms with van der Waals surface area (Å²) < 4.78 is 16.2. The molecular weight excluding hydrogens is 352 g/mol. The van der Waals surface area contributed by atoms with Crippen molar-refractivity contribution in [1.82, 2.24) is 5.32 Å². The van der Waals surface area contributed by atoms with Gasteiger partial charge in [0.05, 0.1) is 24.1 Å². The second-order valence-corrected chi connectivity index (χ2v) is 5.86. The van der Waals surface area contributed by atoms with Crippen LogP contribution in [0.4, 0.5) is 5.69 Å². The molecule has 1 N–H and O–H groups in total. The molecule has 2 aromatic carbocycles. The van der Waals surface area contributed by atoms with Crippen LogP contribution >= 0.6 is 0 Å². The molecule has 0 saturated carbocycles. The number of fused-ring (bicyclic) bond motifs is 1. The number of nitro benzene ring substituents is 1. The molecule has 0 aliphatic heterocycles. The lowest BCUT2D eigenvalue weighted by molar-refractivity contribution is -0.385. The van der Waals surface area contributed by atoms with Gasteiger partial charge in [-0.3, -0.25) is 14.9 Å². The Hall–Kier alpha value is -3.55. The van der Waals surface area contributed by atoms with Gasteiger partial charge in [-0.1, -0.05) is 18.2 Å². The molecule has 8 heteroatoms. The van der Waals surface area contributed by atoms with Crippen LogP contribution in [-0.4, -0.2) is 24.5 Å². The summed E-state index contributed by atoms with van der Waals surface area (Å²) in [5.41, 5.74) is 0.591. The second kappa shape index (κ2) is 7.77. The quantitative estimate of drug-likeness (QED) is 0.503. The number of nitro groups is 1. The summed E-state index contributed by atoms with van der Waals surface area (Å²) >= 11 is 0. The largest absolute Gasteiger partial charge is 0.493 e. The molecule has 0 spiro atoms. The van der Waals surface area contributed by atoms with Crippen molar-refractivity contribution in [3.63, 3.8) is 0 Å². The third-order valence-electron chi connectivity index (χ3n) is 3.97. The maximum atomic E-state index is 12.2. The number of carbonyl (C=O) groups excluding carboxylic acids is 1. The van der Waals surface area contributed by atoms with Gasteiger partial charge in [-0.25, -0.2) is 0 Å². The Balaban J connectivity index is 1.64. The van der Waals surface area contributed by atoms with Crippen LogP contribution in [0.15, 0.2) is 52.9 Å². The Morgan fingerprint density at radius 3 is 2.70 bits per heavy atom. The number of nitrogens with one attached hydrogen (secondary N) is 1. The van der Waals surface area contributed by atoms with E-state index in [0.717, 1.165) is 11.0 Å². The number of hydrogen-bond acceptors (Lipinski definition) is 6. The Labute approximate surface area is 154 Å². The number of methoxy groups -OCH3 is 1. The van der Waals surface area contributed by atoms with E-state index in [0.29, 0.717) is 11.5 Å². The summed E-state index contributed by atoms with van der Waals surface area (Å²) in [7, 11) is 1.41. The number of hydrogen-bond donors (Lipinski definition) is 1. The summed E-state index contributed by atoms with van der Waals surface area (Å²) in [6.45, 7) is 1.48.